The van der Waals surface area contributed by atoms with E-state index in [2.05, 4.69) is 38.0 Å². The number of rotatable bonds is 10. The van der Waals surface area contributed by atoms with Crippen LogP contribution >= 0.6 is 11.3 Å². The van der Waals surface area contributed by atoms with Gasteiger partial charge in [0, 0.05) is 31.6 Å². The van der Waals surface area contributed by atoms with Crippen molar-refractivity contribution in [2.24, 2.45) is 11.3 Å². The van der Waals surface area contributed by atoms with Gasteiger partial charge in [-0.2, -0.15) is 0 Å². The van der Waals surface area contributed by atoms with Gasteiger partial charge in [-0.25, -0.2) is 4.98 Å². The minimum atomic E-state index is -0.210. The molecule has 7 heteroatoms. The Kier molecular flexibility index (Phi) is 9.39. The number of methoxy groups -OCH3 is 1. The molecule has 1 aromatic rings. The van der Waals surface area contributed by atoms with Gasteiger partial charge in [-0.05, 0) is 38.0 Å². The van der Waals surface area contributed by atoms with Crippen LogP contribution in [-0.2, 0) is 14.3 Å². The van der Waals surface area contributed by atoms with Gasteiger partial charge >= 0.3 is 0 Å². The van der Waals surface area contributed by atoms with Crippen molar-refractivity contribution in [2.45, 2.75) is 60.8 Å². The maximum atomic E-state index is 12.8. The monoisotopic (exact) mass is 397 g/mol. The van der Waals surface area contributed by atoms with Crippen LogP contribution in [0.25, 0.3) is 0 Å². The molecule has 0 aromatic carbocycles. The van der Waals surface area contributed by atoms with Crippen LogP contribution in [0.15, 0.2) is 0 Å². The molecule has 0 unspecified atom stereocenters. The van der Waals surface area contributed by atoms with Crippen LogP contribution in [0.4, 0.5) is 5.13 Å². The Labute approximate surface area is 167 Å². The summed E-state index contributed by atoms with van der Waals surface area (Å²) in [6.07, 6.45) is 2.13. The molecule has 2 amide bonds. The minimum absolute atomic E-state index is 0.0181. The zero-order valence-electron chi connectivity index (χ0n) is 17.8. The number of thiazole rings is 1. The van der Waals surface area contributed by atoms with E-state index in [1.54, 1.807) is 12.0 Å². The van der Waals surface area contributed by atoms with Crippen LogP contribution in [0.2, 0.25) is 0 Å². The standard InChI is InChI=1S/C20H35N3O3S/c1-14(12-20(4,5)6)11-18(25)23(9-8-10-26-7)13-17(24)22-19-21-15(2)16(3)27-19/h14H,8-13H2,1-7H3,(H,21,22,24)/t14-/m0/s1. The summed E-state index contributed by atoms with van der Waals surface area (Å²) in [5.74, 6) is 0.0808. The first-order valence-corrected chi connectivity index (χ1v) is 10.3. The number of amides is 2. The average molecular weight is 398 g/mol. The normalized spacial score (nSPS) is 12.7. The largest absolute Gasteiger partial charge is 0.385 e. The minimum Gasteiger partial charge on any atom is -0.385 e. The molecular weight excluding hydrogens is 362 g/mol. The van der Waals surface area contributed by atoms with Gasteiger partial charge in [0.25, 0.3) is 0 Å². The summed E-state index contributed by atoms with van der Waals surface area (Å²) in [6.45, 7) is 13.6. The molecule has 1 heterocycles. The van der Waals surface area contributed by atoms with Crippen LogP contribution in [-0.4, -0.2) is 48.5 Å². The number of carbonyl (C=O) groups is 2. The summed E-state index contributed by atoms with van der Waals surface area (Å²) in [5.41, 5.74) is 1.10. The summed E-state index contributed by atoms with van der Waals surface area (Å²) in [5, 5.41) is 3.40. The Morgan fingerprint density at radius 1 is 1.30 bits per heavy atom. The smallest absolute Gasteiger partial charge is 0.245 e. The van der Waals surface area contributed by atoms with E-state index in [9.17, 15) is 9.59 Å². The predicted molar refractivity (Wildman–Crippen MR) is 111 cm³/mol. The first kappa shape index (κ1) is 23.6. The van der Waals surface area contributed by atoms with Gasteiger partial charge in [0.05, 0.1) is 12.2 Å². The highest BCUT2D eigenvalue weighted by atomic mass is 32.1. The van der Waals surface area contributed by atoms with Gasteiger partial charge in [0.2, 0.25) is 11.8 Å². The number of nitrogens with zero attached hydrogens (tertiary/aromatic N) is 2. The van der Waals surface area contributed by atoms with Crippen molar-refractivity contribution in [3.05, 3.63) is 10.6 Å². The Morgan fingerprint density at radius 2 is 1.96 bits per heavy atom. The molecule has 0 fully saturated rings. The topological polar surface area (TPSA) is 71.5 Å². The number of aromatic nitrogens is 1. The lowest BCUT2D eigenvalue weighted by Gasteiger charge is -2.26. The summed E-state index contributed by atoms with van der Waals surface area (Å²) in [7, 11) is 1.64. The molecule has 1 atom stereocenters. The second-order valence-electron chi connectivity index (χ2n) is 8.44. The molecule has 27 heavy (non-hydrogen) atoms. The van der Waals surface area contributed by atoms with Gasteiger partial charge in [0.1, 0.15) is 0 Å². The molecule has 154 valence electrons. The van der Waals surface area contributed by atoms with E-state index < -0.39 is 0 Å². The zero-order chi connectivity index (χ0) is 20.6. The third-order valence-corrected chi connectivity index (χ3v) is 5.21. The van der Waals surface area contributed by atoms with E-state index in [-0.39, 0.29) is 29.7 Å². The van der Waals surface area contributed by atoms with Gasteiger partial charge in [-0.3, -0.25) is 9.59 Å². The summed E-state index contributed by atoms with van der Waals surface area (Å²) in [4.78, 5) is 32.2. The number of anilines is 1. The van der Waals surface area contributed by atoms with Gasteiger partial charge in [-0.15, -0.1) is 11.3 Å². The van der Waals surface area contributed by atoms with Crippen LogP contribution in [0.1, 0.15) is 57.5 Å². The van der Waals surface area contributed by atoms with Crippen molar-refractivity contribution in [1.82, 2.24) is 9.88 Å². The molecule has 0 spiro atoms. The molecule has 0 saturated heterocycles. The van der Waals surface area contributed by atoms with Crippen LogP contribution in [0, 0.1) is 25.2 Å². The molecule has 1 N–H and O–H groups in total. The predicted octanol–water partition coefficient (Wildman–Crippen LogP) is 4.03. The Bertz CT molecular complexity index is 603. The van der Waals surface area contributed by atoms with Gasteiger partial charge < -0.3 is 15.0 Å². The quantitative estimate of drug-likeness (QED) is 0.605. The van der Waals surface area contributed by atoms with E-state index in [1.165, 1.54) is 11.3 Å². The maximum Gasteiger partial charge on any atom is 0.245 e. The third kappa shape index (κ3) is 9.33. The van der Waals surface area contributed by atoms with Crippen molar-refractivity contribution < 1.29 is 14.3 Å². The van der Waals surface area contributed by atoms with Crippen LogP contribution in [0.3, 0.4) is 0 Å². The van der Waals surface area contributed by atoms with Gasteiger partial charge in [0.15, 0.2) is 5.13 Å². The molecular formula is C20H35N3O3S. The fraction of sp³-hybridized carbons (Fsp3) is 0.750. The molecule has 1 rings (SSSR count). The molecule has 0 aliphatic rings. The number of aryl methyl sites for hydroxylation is 2. The van der Waals surface area contributed by atoms with Crippen LogP contribution < -0.4 is 5.32 Å². The van der Waals surface area contributed by atoms with Crippen molar-refractivity contribution in [1.29, 1.82) is 0 Å². The zero-order valence-corrected chi connectivity index (χ0v) is 18.7. The molecule has 0 aliphatic heterocycles. The van der Waals surface area contributed by atoms with Crippen molar-refractivity contribution >= 4 is 28.3 Å². The van der Waals surface area contributed by atoms with Crippen molar-refractivity contribution in [3.63, 3.8) is 0 Å². The van der Waals surface area contributed by atoms with Crippen molar-refractivity contribution in [3.8, 4) is 0 Å². The van der Waals surface area contributed by atoms with Crippen LogP contribution in [0.5, 0.6) is 0 Å². The Hall–Kier alpha value is -1.47. The van der Waals surface area contributed by atoms with E-state index in [4.69, 9.17) is 4.74 Å². The average Bonchev–Trinajstić information content (AvgIpc) is 2.82. The first-order valence-electron chi connectivity index (χ1n) is 9.52. The first-order chi connectivity index (χ1) is 12.5. The maximum absolute atomic E-state index is 12.8. The number of hydrogen-bond acceptors (Lipinski definition) is 5. The summed E-state index contributed by atoms with van der Waals surface area (Å²) < 4.78 is 5.09. The highest BCUT2D eigenvalue weighted by molar-refractivity contribution is 7.15. The fourth-order valence-corrected chi connectivity index (χ4v) is 3.93. The highest BCUT2D eigenvalue weighted by Crippen LogP contribution is 2.26. The molecule has 0 aliphatic carbocycles. The second-order valence-corrected chi connectivity index (χ2v) is 9.65. The molecule has 0 radical (unpaired) electrons. The highest BCUT2D eigenvalue weighted by Gasteiger charge is 2.22. The van der Waals surface area contributed by atoms with E-state index in [1.807, 2.05) is 13.8 Å². The second kappa shape index (κ2) is 10.8. The fourth-order valence-electron chi connectivity index (χ4n) is 3.09. The number of carbonyl (C=O) groups excluding carboxylic acids is 2. The van der Waals surface area contributed by atoms with E-state index >= 15 is 0 Å². The SMILES string of the molecule is COCCCN(CC(=O)Nc1nc(C)c(C)s1)C(=O)C[C@H](C)CC(C)(C)C. The summed E-state index contributed by atoms with van der Waals surface area (Å²) >= 11 is 1.45. The Balaban J connectivity index is 2.68. The van der Waals surface area contributed by atoms with Crippen molar-refractivity contribution in [2.75, 3.05) is 32.1 Å². The van der Waals surface area contributed by atoms with E-state index in [0.29, 0.717) is 31.1 Å². The lowest BCUT2D eigenvalue weighted by molar-refractivity contribution is -0.135. The van der Waals surface area contributed by atoms with Gasteiger partial charge in [-0.1, -0.05) is 27.7 Å². The number of hydrogen-bond donors (Lipinski definition) is 1. The lowest BCUT2D eigenvalue weighted by Crippen LogP contribution is -2.39. The third-order valence-electron chi connectivity index (χ3n) is 4.22. The summed E-state index contributed by atoms with van der Waals surface area (Å²) in [6, 6.07) is 0. The number of ether oxygens (including phenoxy) is 1. The Morgan fingerprint density at radius 3 is 2.48 bits per heavy atom. The van der Waals surface area contributed by atoms with E-state index in [0.717, 1.165) is 17.0 Å². The molecule has 0 saturated carbocycles. The number of nitrogens with one attached hydrogen (secondary N) is 1. The lowest BCUT2D eigenvalue weighted by atomic mass is 9.84. The molecule has 6 nitrogen and oxygen atoms in total. The molecule has 0 bridgehead atoms. The molecule has 1 aromatic heterocycles.